The summed E-state index contributed by atoms with van der Waals surface area (Å²) in [5.74, 6) is 0. The highest BCUT2D eigenvalue weighted by molar-refractivity contribution is 5.30. The third-order valence-corrected chi connectivity index (χ3v) is 4.67. The minimum absolute atomic E-state index is 0.267. The van der Waals surface area contributed by atoms with Crippen LogP contribution in [0.15, 0.2) is 42.7 Å². The normalized spacial score (nSPS) is 18.6. The number of ether oxygens (including phenoxy) is 1. The van der Waals surface area contributed by atoms with E-state index in [0.717, 1.165) is 43.7 Å². The van der Waals surface area contributed by atoms with Crippen molar-refractivity contribution in [1.82, 2.24) is 9.88 Å². The second kappa shape index (κ2) is 8.56. The maximum atomic E-state index is 10.8. The molecule has 0 amide bonds. The Morgan fingerprint density at radius 1 is 1.28 bits per heavy atom. The maximum Gasteiger partial charge on any atom is 0.0917 e. The van der Waals surface area contributed by atoms with Crippen LogP contribution < -0.4 is 0 Å². The summed E-state index contributed by atoms with van der Waals surface area (Å²) in [5.41, 5.74) is 4.52. The number of aromatic nitrogens is 1. The molecule has 0 aliphatic carbocycles. The van der Waals surface area contributed by atoms with E-state index in [0.29, 0.717) is 6.54 Å². The van der Waals surface area contributed by atoms with Gasteiger partial charge in [0.2, 0.25) is 0 Å². The van der Waals surface area contributed by atoms with Gasteiger partial charge < -0.3 is 9.84 Å². The summed E-state index contributed by atoms with van der Waals surface area (Å²) in [5, 5.41) is 10.8. The van der Waals surface area contributed by atoms with Crippen molar-refractivity contribution in [3.05, 3.63) is 65.0 Å². The fourth-order valence-corrected chi connectivity index (χ4v) is 3.58. The minimum Gasteiger partial charge on any atom is -0.387 e. The molecular weight excluding hydrogens is 312 g/mol. The first-order valence-corrected chi connectivity index (χ1v) is 9.09. The van der Waals surface area contributed by atoms with Gasteiger partial charge in [-0.3, -0.25) is 9.88 Å². The third kappa shape index (κ3) is 5.36. The monoisotopic (exact) mass is 340 g/mol. The van der Waals surface area contributed by atoms with Crippen LogP contribution >= 0.6 is 0 Å². The van der Waals surface area contributed by atoms with Crippen LogP contribution in [0.1, 0.15) is 41.2 Å². The second-order valence-corrected chi connectivity index (χ2v) is 7.13. The average Bonchev–Trinajstić information content (AvgIpc) is 3.08. The number of nitrogens with zero attached hydrogens (tertiary/aromatic N) is 2. The van der Waals surface area contributed by atoms with Gasteiger partial charge in [0.1, 0.15) is 0 Å². The highest BCUT2D eigenvalue weighted by Gasteiger charge is 2.22. The summed E-state index contributed by atoms with van der Waals surface area (Å²) in [6.07, 6.45) is 5.68. The van der Waals surface area contributed by atoms with E-state index >= 15 is 0 Å². The summed E-state index contributed by atoms with van der Waals surface area (Å²) in [6, 6.07) is 10.3. The Bertz CT molecular complexity index is 649. The first-order valence-electron chi connectivity index (χ1n) is 9.09. The molecule has 2 atom stereocenters. The quantitative estimate of drug-likeness (QED) is 0.839. The number of rotatable bonds is 7. The average molecular weight is 340 g/mol. The number of aliphatic hydroxyl groups excluding tert-OH is 1. The second-order valence-electron chi connectivity index (χ2n) is 7.13. The van der Waals surface area contributed by atoms with Crippen molar-refractivity contribution in [2.75, 3.05) is 19.7 Å². The lowest BCUT2D eigenvalue weighted by Gasteiger charge is -2.27. The van der Waals surface area contributed by atoms with Crippen molar-refractivity contribution in [2.45, 2.75) is 45.4 Å². The van der Waals surface area contributed by atoms with E-state index in [4.69, 9.17) is 4.74 Å². The van der Waals surface area contributed by atoms with Crippen LogP contribution in [-0.4, -0.2) is 40.8 Å². The SMILES string of the molecule is Cc1cc(C)cc(C(O)CN(Cc2cccnc2)CC2CCCO2)c1. The molecule has 4 heteroatoms. The Kier molecular flexibility index (Phi) is 6.19. The lowest BCUT2D eigenvalue weighted by atomic mass is 10.0. The summed E-state index contributed by atoms with van der Waals surface area (Å²) in [4.78, 5) is 6.50. The van der Waals surface area contributed by atoms with Gasteiger partial charge in [0.15, 0.2) is 0 Å². The number of hydrogen-bond acceptors (Lipinski definition) is 4. The predicted molar refractivity (Wildman–Crippen MR) is 99.4 cm³/mol. The van der Waals surface area contributed by atoms with E-state index in [-0.39, 0.29) is 6.10 Å². The number of aliphatic hydroxyl groups is 1. The molecule has 0 bridgehead atoms. The van der Waals surface area contributed by atoms with Gasteiger partial charge in [0.05, 0.1) is 12.2 Å². The predicted octanol–water partition coefficient (Wildman–Crippen LogP) is 3.41. The Hall–Kier alpha value is -1.75. The lowest BCUT2D eigenvalue weighted by molar-refractivity contribution is 0.0459. The van der Waals surface area contributed by atoms with Gasteiger partial charge in [-0.2, -0.15) is 0 Å². The fourth-order valence-electron chi connectivity index (χ4n) is 3.58. The smallest absolute Gasteiger partial charge is 0.0917 e. The van der Waals surface area contributed by atoms with Gasteiger partial charge in [-0.15, -0.1) is 0 Å². The third-order valence-electron chi connectivity index (χ3n) is 4.67. The van der Waals surface area contributed by atoms with Crippen molar-refractivity contribution < 1.29 is 9.84 Å². The van der Waals surface area contributed by atoms with Crippen molar-refractivity contribution in [2.24, 2.45) is 0 Å². The largest absolute Gasteiger partial charge is 0.387 e. The van der Waals surface area contributed by atoms with Crippen molar-refractivity contribution in [3.8, 4) is 0 Å². The van der Waals surface area contributed by atoms with E-state index in [1.54, 1.807) is 6.20 Å². The molecule has 134 valence electrons. The molecule has 0 radical (unpaired) electrons. The van der Waals surface area contributed by atoms with Crippen molar-refractivity contribution >= 4 is 0 Å². The van der Waals surface area contributed by atoms with Gasteiger partial charge in [-0.05, 0) is 43.9 Å². The molecule has 1 aromatic carbocycles. The van der Waals surface area contributed by atoms with Crippen LogP contribution in [0.25, 0.3) is 0 Å². The Morgan fingerprint density at radius 2 is 2.08 bits per heavy atom. The Balaban J connectivity index is 1.71. The fraction of sp³-hybridized carbons (Fsp3) is 0.476. The molecular formula is C21H28N2O2. The van der Waals surface area contributed by atoms with Gasteiger partial charge in [-0.1, -0.05) is 35.4 Å². The van der Waals surface area contributed by atoms with Gasteiger partial charge in [0, 0.05) is 38.6 Å². The first-order chi connectivity index (χ1) is 12.1. The zero-order chi connectivity index (χ0) is 17.6. The molecule has 25 heavy (non-hydrogen) atoms. The van der Waals surface area contributed by atoms with Crippen molar-refractivity contribution in [3.63, 3.8) is 0 Å². The number of benzene rings is 1. The van der Waals surface area contributed by atoms with Crippen LogP contribution in [0.3, 0.4) is 0 Å². The molecule has 0 saturated carbocycles. The molecule has 1 aliphatic rings. The summed E-state index contributed by atoms with van der Waals surface area (Å²) >= 11 is 0. The maximum absolute atomic E-state index is 10.8. The molecule has 0 spiro atoms. The zero-order valence-electron chi connectivity index (χ0n) is 15.2. The zero-order valence-corrected chi connectivity index (χ0v) is 15.2. The van der Waals surface area contributed by atoms with E-state index in [2.05, 4.69) is 48.0 Å². The highest BCUT2D eigenvalue weighted by Crippen LogP contribution is 2.21. The Labute approximate surface area is 150 Å². The molecule has 2 unspecified atom stereocenters. The Morgan fingerprint density at radius 3 is 2.72 bits per heavy atom. The standard InChI is InChI=1S/C21H28N2O2/c1-16-9-17(2)11-19(10-16)21(24)15-23(14-20-6-4-8-25-20)13-18-5-3-7-22-12-18/h3,5,7,9-12,20-21,24H,4,6,8,13-15H2,1-2H3. The van der Waals surface area contributed by atoms with Crippen LogP contribution in [0.2, 0.25) is 0 Å². The van der Waals surface area contributed by atoms with Crippen LogP contribution in [0, 0.1) is 13.8 Å². The number of pyridine rings is 1. The first kappa shape index (κ1) is 18.1. The number of hydrogen-bond donors (Lipinski definition) is 1. The molecule has 1 aliphatic heterocycles. The van der Waals surface area contributed by atoms with Crippen LogP contribution in [0.5, 0.6) is 0 Å². The number of aryl methyl sites for hydroxylation is 2. The molecule has 3 rings (SSSR count). The summed E-state index contributed by atoms with van der Waals surface area (Å²) < 4.78 is 5.81. The summed E-state index contributed by atoms with van der Waals surface area (Å²) in [7, 11) is 0. The van der Waals surface area contributed by atoms with Crippen molar-refractivity contribution in [1.29, 1.82) is 0 Å². The van der Waals surface area contributed by atoms with E-state index in [1.165, 1.54) is 11.1 Å². The minimum atomic E-state index is -0.503. The molecule has 2 aromatic rings. The molecule has 2 heterocycles. The topological polar surface area (TPSA) is 45.6 Å². The van der Waals surface area contributed by atoms with Gasteiger partial charge >= 0.3 is 0 Å². The molecule has 1 N–H and O–H groups in total. The molecule has 1 aromatic heterocycles. The van der Waals surface area contributed by atoms with E-state index < -0.39 is 6.10 Å². The molecule has 4 nitrogen and oxygen atoms in total. The molecule has 1 fully saturated rings. The summed E-state index contributed by atoms with van der Waals surface area (Å²) in [6.45, 7) is 7.21. The van der Waals surface area contributed by atoms with Gasteiger partial charge in [-0.25, -0.2) is 0 Å². The van der Waals surface area contributed by atoms with Crippen LogP contribution in [-0.2, 0) is 11.3 Å². The van der Waals surface area contributed by atoms with Gasteiger partial charge in [0.25, 0.3) is 0 Å². The van der Waals surface area contributed by atoms with E-state index in [9.17, 15) is 5.11 Å². The molecule has 1 saturated heterocycles. The lowest BCUT2D eigenvalue weighted by Crippen LogP contribution is -2.35. The van der Waals surface area contributed by atoms with Crippen LogP contribution in [0.4, 0.5) is 0 Å². The van der Waals surface area contributed by atoms with E-state index in [1.807, 2.05) is 12.3 Å². The highest BCUT2D eigenvalue weighted by atomic mass is 16.5.